The van der Waals surface area contributed by atoms with Crippen molar-refractivity contribution in [3.05, 3.63) is 17.0 Å². The lowest BCUT2D eigenvalue weighted by Gasteiger charge is -2.15. The zero-order valence-electron chi connectivity index (χ0n) is 10.3. The zero-order chi connectivity index (χ0) is 14.0. The second-order valence-corrected chi connectivity index (χ2v) is 8.28. The Labute approximate surface area is 120 Å². The van der Waals surface area contributed by atoms with E-state index >= 15 is 0 Å². The molecule has 0 spiro atoms. The first-order valence-electron chi connectivity index (χ1n) is 5.74. The molecule has 8 heteroatoms. The molecule has 0 bridgehead atoms. The third-order valence-electron chi connectivity index (χ3n) is 3.03. The van der Waals surface area contributed by atoms with Crippen LogP contribution in [0.15, 0.2) is 16.3 Å². The Morgan fingerprint density at radius 3 is 2.84 bits per heavy atom. The van der Waals surface area contributed by atoms with Gasteiger partial charge in [0.15, 0.2) is 0 Å². The average molecular weight is 324 g/mol. The predicted molar refractivity (Wildman–Crippen MR) is 73.1 cm³/mol. The van der Waals surface area contributed by atoms with Crippen LogP contribution in [0.5, 0.6) is 0 Å². The molecule has 106 valence electrons. The molecule has 1 fully saturated rings. The molecule has 1 atom stereocenters. The Bertz CT molecular complexity index is 569. The highest BCUT2D eigenvalue weighted by molar-refractivity contribution is 8.15. The number of likely N-dealkylation sites (tertiary alicyclic amines) is 1. The lowest BCUT2D eigenvalue weighted by Crippen LogP contribution is -2.31. The van der Waals surface area contributed by atoms with E-state index in [0.717, 1.165) is 17.8 Å². The Kier molecular flexibility index (Phi) is 4.50. The number of thiophene rings is 1. The number of carbonyl (C=O) groups excluding carboxylic acids is 1. The summed E-state index contributed by atoms with van der Waals surface area (Å²) in [7, 11) is 3.17. The molecule has 1 aliphatic rings. The third kappa shape index (κ3) is 3.68. The molecule has 5 nitrogen and oxygen atoms in total. The molecule has 0 N–H and O–H groups in total. The molecule has 2 heterocycles. The molecular weight excluding hydrogens is 310 g/mol. The van der Waals surface area contributed by atoms with Crippen LogP contribution in [0.25, 0.3) is 0 Å². The minimum absolute atomic E-state index is 0.0140. The molecule has 1 amide bonds. The molecular formula is C11H14ClNO4S2. The highest BCUT2D eigenvalue weighted by Crippen LogP contribution is 2.25. The molecule has 1 aromatic rings. The summed E-state index contributed by atoms with van der Waals surface area (Å²) in [6.07, 6.45) is 1.15. The number of halogens is 1. The van der Waals surface area contributed by atoms with Crippen LogP contribution >= 0.6 is 22.0 Å². The summed E-state index contributed by atoms with van der Waals surface area (Å²) in [6, 6.07) is 3.05. The minimum Gasteiger partial charge on any atom is -0.380 e. The maximum atomic E-state index is 12.0. The SMILES string of the molecule is COC1CCN(C(=O)Cc2ccc(S(=O)(=O)Cl)s2)C1. The van der Waals surface area contributed by atoms with Crippen LogP contribution in [0.1, 0.15) is 11.3 Å². The number of amides is 1. The number of hydrogen-bond acceptors (Lipinski definition) is 5. The quantitative estimate of drug-likeness (QED) is 0.787. The van der Waals surface area contributed by atoms with E-state index in [-0.39, 0.29) is 22.6 Å². The van der Waals surface area contributed by atoms with Crippen LogP contribution in [0.4, 0.5) is 0 Å². The van der Waals surface area contributed by atoms with Gasteiger partial charge in [0, 0.05) is 35.8 Å². The van der Waals surface area contributed by atoms with Gasteiger partial charge in [-0.2, -0.15) is 0 Å². The first-order valence-corrected chi connectivity index (χ1v) is 8.86. The summed E-state index contributed by atoms with van der Waals surface area (Å²) in [6.45, 7) is 1.28. The van der Waals surface area contributed by atoms with Crippen molar-refractivity contribution in [1.82, 2.24) is 4.90 Å². The Morgan fingerprint density at radius 1 is 1.58 bits per heavy atom. The highest BCUT2D eigenvalue weighted by atomic mass is 35.7. The maximum absolute atomic E-state index is 12.0. The fourth-order valence-corrected chi connectivity index (χ4v) is 4.11. The van der Waals surface area contributed by atoms with Crippen LogP contribution in [0.2, 0.25) is 0 Å². The van der Waals surface area contributed by atoms with Gasteiger partial charge in [0.1, 0.15) is 4.21 Å². The van der Waals surface area contributed by atoms with Crippen LogP contribution in [0, 0.1) is 0 Å². The number of carbonyl (C=O) groups is 1. The van der Waals surface area contributed by atoms with Crippen LogP contribution in [-0.4, -0.2) is 45.5 Å². The molecule has 1 aromatic heterocycles. The number of rotatable bonds is 4. The van der Waals surface area contributed by atoms with Crippen molar-refractivity contribution in [3.8, 4) is 0 Å². The topological polar surface area (TPSA) is 63.7 Å². The van der Waals surface area contributed by atoms with Crippen molar-refractivity contribution in [1.29, 1.82) is 0 Å². The number of nitrogens with zero attached hydrogens (tertiary/aromatic N) is 1. The first kappa shape index (κ1) is 14.8. The number of methoxy groups -OCH3 is 1. The van der Waals surface area contributed by atoms with E-state index < -0.39 is 9.05 Å². The minimum atomic E-state index is -3.70. The normalized spacial score (nSPS) is 19.9. The van der Waals surface area contributed by atoms with E-state index in [4.69, 9.17) is 15.4 Å². The number of ether oxygens (including phenoxy) is 1. The van der Waals surface area contributed by atoms with Gasteiger partial charge in [-0.1, -0.05) is 0 Å². The van der Waals surface area contributed by atoms with Gasteiger partial charge in [-0.25, -0.2) is 8.42 Å². The van der Waals surface area contributed by atoms with Crippen molar-refractivity contribution in [2.24, 2.45) is 0 Å². The Hall–Kier alpha value is -0.630. The molecule has 1 unspecified atom stereocenters. The van der Waals surface area contributed by atoms with Crippen molar-refractivity contribution < 1.29 is 17.9 Å². The van der Waals surface area contributed by atoms with Crippen molar-refractivity contribution in [2.45, 2.75) is 23.2 Å². The summed E-state index contributed by atoms with van der Waals surface area (Å²) in [5, 5.41) is 0. The van der Waals surface area contributed by atoms with Gasteiger partial charge in [-0.15, -0.1) is 11.3 Å². The molecule has 0 aromatic carbocycles. The second kappa shape index (κ2) is 5.78. The van der Waals surface area contributed by atoms with E-state index in [1.807, 2.05) is 0 Å². The molecule has 1 saturated heterocycles. The fourth-order valence-electron chi connectivity index (χ4n) is 1.99. The van der Waals surface area contributed by atoms with Crippen molar-refractivity contribution >= 4 is 37.0 Å². The van der Waals surface area contributed by atoms with E-state index in [9.17, 15) is 13.2 Å². The van der Waals surface area contributed by atoms with Crippen molar-refractivity contribution in [3.63, 3.8) is 0 Å². The molecule has 0 aliphatic carbocycles. The second-order valence-electron chi connectivity index (χ2n) is 4.32. The van der Waals surface area contributed by atoms with Gasteiger partial charge >= 0.3 is 0 Å². The fraction of sp³-hybridized carbons (Fsp3) is 0.545. The van der Waals surface area contributed by atoms with Gasteiger partial charge in [-0.05, 0) is 18.6 Å². The van der Waals surface area contributed by atoms with Crippen LogP contribution in [0.3, 0.4) is 0 Å². The summed E-state index contributed by atoms with van der Waals surface area (Å²) in [5.74, 6) is -0.0140. The van der Waals surface area contributed by atoms with E-state index in [2.05, 4.69) is 0 Å². The van der Waals surface area contributed by atoms with Crippen molar-refractivity contribution in [2.75, 3.05) is 20.2 Å². The van der Waals surface area contributed by atoms with E-state index in [1.165, 1.54) is 6.07 Å². The van der Waals surface area contributed by atoms with Gasteiger partial charge in [0.25, 0.3) is 9.05 Å². The maximum Gasteiger partial charge on any atom is 0.270 e. The van der Waals surface area contributed by atoms with Gasteiger partial charge < -0.3 is 9.64 Å². The lowest BCUT2D eigenvalue weighted by atomic mass is 10.3. The van der Waals surface area contributed by atoms with E-state index in [0.29, 0.717) is 18.0 Å². The monoisotopic (exact) mass is 323 g/mol. The number of hydrogen-bond donors (Lipinski definition) is 0. The average Bonchev–Trinajstić information content (AvgIpc) is 2.95. The predicted octanol–water partition coefficient (Wildman–Crippen LogP) is 1.47. The molecule has 19 heavy (non-hydrogen) atoms. The smallest absolute Gasteiger partial charge is 0.270 e. The Balaban J connectivity index is 1.98. The first-order chi connectivity index (χ1) is 8.90. The molecule has 0 saturated carbocycles. The van der Waals surface area contributed by atoms with Gasteiger partial charge in [-0.3, -0.25) is 4.79 Å². The van der Waals surface area contributed by atoms with E-state index in [1.54, 1.807) is 18.1 Å². The standard InChI is InChI=1S/C11H14ClNO4S2/c1-17-8-4-5-13(7-8)10(14)6-9-2-3-11(18-9)19(12,15)16/h2-3,8H,4-7H2,1H3. The molecule has 2 rings (SSSR count). The lowest BCUT2D eigenvalue weighted by molar-refractivity contribution is -0.129. The third-order valence-corrected chi connectivity index (χ3v) is 6.21. The van der Waals surface area contributed by atoms with Crippen LogP contribution < -0.4 is 0 Å². The highest BCUT2D eigenvalue weighted by Gasteiger charge is 2.26. The largest absolute Gasteiger partial charge is 0.380 e. The summed E-state index contributed by atoms with van der Waals surface area (Å²) in [4.78, 5) is 14.5. The summed E-state index contributed by atoms with van der Waals surface area (Å²) in [5.41, 5.74) is 0. The summed E-state index contributed by atoms with van der Waals surface area (Å²) >= 11 is 1.03. The van der Waals surface area contributed by atoms with Gasteiger partial charge in [0.05, 0.1) is 12.5 Å². The van der Waals surface area contributed by atoms with Crippen LogP contribution in [-0.2, 0) is 25.0 Å². The molecule has 1 aliphatic heterocycles. The zero-order valence-corrected chi connectivity index (χ0v) is 12.7. The van der Waals surface area contributed by atoms with Gasteiger partial charge in [0.2, 0.25) is 5.91 Å². The molecule has 0 radical (unpaired) electrons. The summed E-state index contributed by atoms with van der Waals surface area (Å²) < 4.78 is 27.5. The Morgan fingerprint density at radius 2 is 2.32 bits per heavy atom.